The SMILES string of the molecule is Cc1ccc(S(=O)(=O)N(C)c2ccc(OCC(=O)N3CCNC3=O)cc2)cc1C. The molecule has 1 aliphatic rings. The summed E-state index contributed by atoms with van der Waals surface area (Å²) in [7, 11) is -2.22. The van der Waals surface area contributed by atoms with Crippen molar-refractivity contribution in [3.63, 3.8) is 0 Å². The normalized spacial score (nSPS) is 13.9. The largest absolute Gasteiger partial charge is 0.484 e. The third kappa shape index (κ3) is 4.34. The molecule has 3 amide bonds. The highest BCUT2D eigenvalue weighted by atomic mass is 32.2. The summed E-state index contributed by atoms with van der Waals surface area (Å²) in [6.45, 7) is 4.27. The number of aryl methyl sites for hydroxylation is 2. The van der Waals surface area contributed by atoms with Crippen LogP contribution in [0.15, 0.2) is 47.4 Å². The van der Waals surface area contributed by atoms with Crippen LogP contribution in [0.3, 0.4) is 0 Å². The molecule has 0 bridgehead atoms. The first-order valence-electron chi connectivity index (χ1n) is 9.07. The Morgan fingerprint density at radius 1 is 1.14 bits per heavy atom. The zero-order chi connectivity index (χ0) is 21.2. The summed E-state index contributed by atoms with van der Waals surface area (Å²) in [6.07, 6.45) is 0. The van der Waals surface area contributed by atoms with Gasteiger partial charge < -0.3 is 10.1 Å². The number of hydrogen-bond acceptors (Lipinski definition) is 5. The van der Waals surface area contributed by atoms with Gasteiger partial charge in [-0.25, -0.2) is 13.2 Å². The number of nitrogens with one attached hydrogen (secondary N) is 1. The minimum atomic E-state index is -3.70. The lowest BCUT2D eigenvalue weighted by Gasteiger charge is -2.20. The van der Waals surface area contributed by atoms with Crippen LogP contribution in [0.1, 0.15) is 11.1 Å². The Labute approximate surface area is 170 Å². The fourth-order valence-electron chi connectivity index (χ4n) is 2.86. The van der Waals surface area contributed by atoms with E-state index in [0.717, 1.165) is 16.0 Å². The molecule has 0 aliphatic carbocycles. The van der Waals surface area contributed by atoms with Crippen LogP contribution in [-0.4, -0.2) is 52.0 Å². The summed E-state index contributed by atoms with van der Waals surface area (Å²) >= 11 is 0. The van der Waals surface area contributed by atoms with Gasteiger partial charge in [-0.2, -0.15) is 0 Å². The van der Waals surface area contributed by atoms with E-state index in [4.69, 9.17) is 4.74 Å². The van der Waals surface area contributed by atoms with Crippen LogP contribution in [0.2, 0.25) is 0 Å². The van der Waals surface area contributed by atoms with Crippen LogP contribution < -0.4 is 14.4 Å². The number of urea groups is 1. The van der Waals surface area contributed by atoms with Gasteiger partial charge in [-0.1, -0.05) is 6.07 Å². The van der Waals surface area contributed by atoms with Crippen molar-refractivity contribution in [2.75, 3.05) is 31.0 Å². The lowest BCUT2D eigenvalue weighted by Crippen LogP contribution is -2.37. The molecule has 0 radical (unpaired) electrons. The number of nitrogens with zero attached hydrogens (tertiary/aromatic N) is 2. The monoisotopic (exact) mass is 417 g/mol. The van der Waals surface area contributed by atoms with E-state index >= 15 is 0 Å². The van der Waals surface area contributed by atoms with Gasteiger partial charge in [-0.3, -0.25) is 14.0 Å². The molecule has 3 rings (SSSR count). The Hall–Kier alpha value is -3.07. The minimum Gasteiger partial charge on any atom is -0.484 e. The van der Waals surface area contributed by atoms with E-state index in [0.29, 0.717) is 24.5 Å². The molecule has 1 fully saturated rings. The quantitative estimate of drug-likeness (QED) is 0.776. The van der Waals surface area contributed by atoms with Gasteiger partial charge in [0.05, 0.1) is 10.6 Å². The lowest BCUT2D eigenvalue weighted by molar-refractivity contribution is -0.129. The van der Waals surface area contributed by atoms with Crippen molar-refractivity contribution < 1.29 is 22.7 Å². The molecule has 8 nitrogen and oxygen atoms in total. The van der Waals surface area contributed by atoms with Gasteiger partial charge in [0.25, 0.3) is 15.9 Å². The number of benzene rings is 2. The van der Waals surface area contributed by atoms with E-state index in [1.807, 2.05) is 13.8 Å². The molecule has 0 aromatic heterocycles. The number of ether oxygens (including phenoxy) is 1. The molecule has 0 saturated carbocycles. The number of anilines is 1. The molecular weight excluding hydrogens is 394 g/mol. The van der Waals surface area contributed by atoms with Crippen molar-refractivity contribution in [2.45, 2.75) is 18.7 Å². The number of hydrogen-bond donors (Lipinski definition) is 1. The van der Waals surface area contributed by atoms with E-state index in [1.54, 1.807) is 42.5 Å². The van der Waals surface area contributed by atoms with E-state index in [1.165, 1.54) is 11.4 Å². The van der Waals surface area contributed by atoms with Crippen LogP contribution >= 0.6 is 0 Å². The number of carbonyl (C=O) groups excluding carboxylic acids is 2. The van der Waals surface area contributed by atoms with Crippen molar-refractivity contribution in [3.05, 3.63) is 53.6 Å². The Kier molecular flexibility index (Phi) is 5.78. The van der Waals surface area contributed by atoms with Gasteiger partial charge in [0.15, 0.2) is 6.61 Å². The maximum atomic E-state index is 12.9. The fraction of sp³-hybridized carbons (Fsp3) is 0.300. The van der Waals surface area contributed by atoms with E-state index in [-0.39, 0.29) is 11.5 Å². The molecule has 0 atom stereocenters. The van der Waals surface area contributed by atoms with Crippen molar-refractivity contribution in [2.24, 2.45) is 0 Å². The van der Waals surface area contributed by atoms with Crippen molar-refractivity contribution in [1.29, 1.82) is 0 Å². The molecule has 1 N–H and O–H groups in total. The fourth-order valence-corrected chi connectivity index (χ4v) is 4.14. The Balaban J connectivity index is 1.68. The number of rotatable bonds is 6. The molecule has 9 heteroatoms. The van der Waals surface area contributed by atoms with Crippen LogP contribution in [0, 0.1) is 13.8 Å². The summed E-state index contributed by atoms with van der Waals surface area (Å²) < 4.78 is 32.4. The van der Waals surface area contributed by atoms with E-state index in [9.17, 15) is 18.0 Å². The Morgan fingerprint density at radius 2 is 1.83 bits per heavy atom. The van der Waals surface area contributed by atoms with Gasteiger partial charge in [-0.05, 0) is 61.4 Å². The van der Waals surface area contributed by atoms with Gasteiger partial charge >= 0.3 is 6.03 Å². The molecule has 2 aromatic rings. The molecule has 0 spiro atoms. The third-order valence-corrected chi connectivity index (χ3v) is 6.64. The number of amides is 3. The molecule has 2 aromatic carbocycles. The summed E-state index contributed by atoms with van der Waals surface area (Å²) in [5.74, 6) is -0.0304. The first-order valence-corrected chi connectivity index (χ1v) is 10.5. The average Bonchev–Trinajstić information content (AvgIpc) is 3.14. The minimum absolute atomic E-state index is 0.220. The standard InChI is InChI=1S/C20H23N3O5S/c1-14-4-9-18(12-15(14)2)29(26,27)22(3)16-5-7-17(8-6-16)28-13-19(24)23-11-10-21-20(23)25/h4-9,12H,10-11,13H2,1-3H3,(H,21,25). The van der Waals surface area contributed by atoms with Crippen molar-refractivity contribution >= 4 is 27.6 Å². The topological polar surface area (TPSA) is 96.0 Å². The number of carbonyl (C=O) groups is 2. The summed E-state index contributed by atoms with van der Waals surface area (Å²) in [4.78, 5) is 24.8. The molecule has 1 heterocycles. The highest BCUT2D eigenvalue weighted by Crippen LogP contribution is 2.25. The Bertz CT molecular complexity index is 1030. The highest BCUT2D eigenvalue weighted by Gasteiger charge is 2.26. The molecular formula is C20H23N3O5S. The van der Waals surface area contributed by atoms with Gasteiger partial charge in [0.2, 0.25) is 0 Å². The van der Waals surface area contributed by atoms with Crippen LogP contribution in [0.4, 0.5) is 10.5 Å². The predicted molar refractivity (Wildman–Crippen MR) is 109 cm³/mol. The zero-order valence-corrected chi connectivity index (χ0v) is 17.3. The predicted octanol–water partition coefficient (Wildman–Crippen LogP) is 2.06. The third-order valence-electron chi connectivity index (χ3n) is 4.86. The second-order valence-corrected chi connectivity index (χ2v) is 8.75. The van der Waals surface area contributed by atoms with Gasteiger partial charge in [0, 0.05) is 20.1 Å². The summed E-state index contributed by atoms with van der Waals surface area (Å²) in [5.41, 5.74) is 2.38. The second-order valence-electron chi connectivity index (χ2n) is 6.78. The molecule has 0 unspecified atom stereocenters. The first kappa shape index (κ1) is 20.7. The highest BCUT2D eigenvalue weighted by molar-refractivity contribution is 7.92. The second kappa shape index (κ2) is 8.12. The van der Waals surface area contributed by atoms with Crippen LogP contribution in [0.25, 0.3) is 0 Å². The zero-order valence-electron chi connectivity index (χ0n) is 16.5. The van der Waals surface area contributed by atoms with Gasteiger partial charge in [0.1, 0.15) is 5.75 Å². The van der Waals surface area contributed by atoms with E-state index < -0.39 is 22.0 Å². The van der Waals surface area contributed by atoms with Crippen molar-refractivity contribution in [1.82, 2.24) is 10.2 Å². The molecule has 1 saturated heterocycles. The van der Waals surface area contributed by atoms with Crippen LogP contribution in [0.5, 0.6) is 5.75 Å². The first-order chi connectivity index (χ1) is 13.7. The average molecular weight is 417 g/mol. The smallest absolute Gasteiger partial charge is 0.324 e. The van der Waals surface area contributed by atoms with Gasteiger partial charge in [-0.15, -0.1) is 0 Å². The summed E-state index contributed by atoms with van der Waals surface area (Å²) in [5, 5.41) is 2.55. The number of sulfonamides is 1. The Morgan fingerprint density at radius 3 is 2.41 bits per heavy atom. The number of imide groups is 1. The molecule has 1 aliphatic heterocycles. The molecule has 29 heavy (non-hydrogen) atoms. The lowest BCUT2D eigenvalue weighted by atomic mass is 10.1. The summed E-state index contributed by atoms with van der Waals surface area (Å²) in [6, 6.07) is 11.0. The van der Waals surface area contributed by atoms with E-state index in [2.05, 4.69) is 5.32 Å². The molecule has 154 valence electrons. The van der Waals surface area contributed by atoms with Crippen LogP contribution in [-0.2, 0) is 14.8 Å². The maximum Gasteiger partial charge on any atom is 0.324 e. The van der Waals surface area contributed by atoms with Crippen molar-refractivity contribution in [3.8, 4) is 5.75 Å². The maximum absolute atomic E-state index is 12.9.